The fourth-order valence-electron chi connectivity index (χ4n) is 2.63. The zero-order chi connectivity index (χ0) is 18.4. The summed E-state index contributed by atoms with van der Waals surface area (Å²) in [5.74, 6) is 0.832. The molecular formula is C19H29N5S. The first-order valence-electron chi connectivity index (χ1n) is 8.62. The van der Waals surface area contributed by atoms with Crippen molar-refractivity contribution in [2.75, 3.05) is 25.5 Å². The fraction of sp³-hybridized carbons (Fsp3) is 0.474. The fourth-order valence-corrected chi connectivity index (χ4v) is 3.51. The number of aliphatic imine (C=N–C) groups is 1. The second-order valence-electron chi connectivity index (χ2n) is 6.32. The minimum Gasteiger partial charge on any atom is -0.377 e. The van der Waals surface area contributed by atoms with E-state index in [1.165, 1.54) is 21.7 Å². The van der Waals surface area contributed by atoms with Crippen molar-refractivity contribution < 1.29 is 0 Å². The van der Waals surface area contributed by atoms with E-state index in [1.54, 1.807) is 11.3 Å². The minimum atomic E-state index is 0.643. The van der Waals surface area contributed by atoms with Crippen LogP contribution >= 0.6 is 11.3 Å². The van der Waals surface area contributed by atoms with Gasteiger partial charge in [0.05, 0.1) is 23.8 Å². The number of aryl methyl sites for hydroxylation is 3. The smallest absolute Gasteiger partial charge is 0.191 e. The first kappa shape index (κ1) is 19.2. The van der Waals surface area contributed by atoms with Gasteiger partial charge in [0, 0.05) is 31.2 Å². The number of thiazole rings is 1. The van der Waals surface area contributed by atoms with Crippen LogP contribution < -0.4 is 15.5 Å². The standard InChI is InChI=1S/C19H29N5S/c1-7-20-19(22-12-18-14(3)23-15(4)25-18)21-11-16-9-8-13(2)10-17(16)24(5)6/h8-10H,7,11-12H2,1-6H3,(H2,20,21,22). The number of benzene rings is 1. The molecule has 2 rings (SSSR count). The van der Waals surface area contributed by atoms with Crippen molar-refractivity contribution in [1.82, 2.24) is 15.6 Å². The van der Waals surface area contributed by atoms with Gasteiger partial charge in [0.1, 0.15) is 0 Å². The Balaban J connectivity index is 2.10. The van der Waals surface area contributed by atoms with Crippen LogP contribution in [0.15, 0.2) is 23.2 Å². The molecule has 5 nitrogen and oxygen atoms in total. The van der Waals surface area contributed by atoms with Crippen molar-refractivity contribution in [2.24, 2.45) is 4.99 Å². The van der Waals surface area contributed by atoms with E-state index < -0.39 is 0 Å². The molecular weight excluding hydrogens is 330 g/mol. The van der Waals surface area contributed by atoms with Crippen LogP contribution in [0.2, 0.25) is 0 Å². The SMILES string of the molecule is CCNC(=NCc1ccc(C)cc1N(C)C)NCc1sc(C)nc1C. The van der Waals surface area contributed by atoms with E-state index in [0.29, 0.717) is 6.54 Å². The van der Waals surface area contributed by atoms with Gasteiger partial charge in [0.15, 0.2) is 5.96 Å². The number of rotatable bonds is 6. The summed E-state index contributed by atoms with van der Waals surface area (Å²) >= 11 is 1.73. The second kappa shape index (κ2) is 8.85. The second-order valence-corrected chi connectivity index (χ2v) is 7.60. The largest absolute Gasteiger partial charge is 0.377 e. The number of hydrogen-bond acceptors (Lipinski definition) is 4. The summed E-state index contributed by atoms with van der Waals surface area (Å²) in [5, 5.41) is 7.84. The summed E-state index contributed by atoms with van der Waals surface area (Å²) in [5.41, 5.74) is 4.79. The Morgan fingerprint density at radius 1 is 1.20 bits per heavy atom. The molecule has 25 heavy (non-hydrogen) atoms. The van der Waals surface area contributed by atoms with E-state index >= 15 is 0 Å². The molecule has 0 fully saturated rings. The van der Waals surface area contributed by atoms with Crippen molar-refractivity contribution in [2.45, 2.75) is 40.8 Å². The summed E-state index contributed by atoms with van der Waals surface area (Å²) in [4.78, 5) is 12.6. The summed E-state index contributed by atoms with van der Waals surface area (Å²) < 4.78 is 0. The van der Waals surface area contributed by atoms with Gasteiger partial charge in [0.2, 0.25) is 0 Å². The molecule has 0 saturated heterocycles. The molecule has 0 aliphatic heterocycles. The van der Waals surface area contributed by atoms with Crippen molar-refractivity contribution >= 4 is 23.0 Å². The third kappa shape index (κ3) is 5.46. The predicted molar refractivity (Wildman–Crippen MR) is 109 cm³/mol. The van der Waals surface area contributed by atoms with E-state index in [0.717, 1.165) is 29.8 Å². The zero-order valence-electron chi connectivity index (χ0n) is 16.1. The molecule has 0 radical (unpaired) electrons. The molecule has 2 N–H and O–H groups in total. The molecule has 0 atom stereocenters. The van der Waals surface area contributed by atoms with Gasteiger partial charge >= 0.3 is 0 Å². The monoisotopic (exact) mass is 359 g/mol. The molecule has 2 aromatic rings. The van der Waals surface area contributed by atoms with Gasteiger partial charge < -0.3 is 15.5 Å². The van der Waals surface area contributed by atoms with Crippen LogP contribution in [0.1, 0.15) is 33.6 Å². The summed E-state index contributed by atoms with van der Waals surface area (Å²) in [6.07, 6.45) is 0. The van der Waals surface area contributed by atoms with E-state index in [4.69, 9.17) is 4.99 Å². The quantitative estimate of drug-likeness (QED) is 0.613. The van der Waals surface area contributed by atoms with Crippen molar-refractivity contribution in [3.05, 3.63) is 44.9 Å². The molecule has 0 amide bonds. The van der Waals surface area contributed by atoms with Crippen LogP contribution in [0.4, 0.5) is 5.69 Å². The van der Waals surface area contributed by atoms with Crippen molar-refractivity contribution in [3.8, 4) is 0 Å². The van der Waals surface area contributed by atoms with Crippen LogP contribution in [-0.2, 0) is 13.1 Å². The Kier molecular flexibility index (Phi) is 6.82. The normalized spacial score (nSPS) is 11.5. The maximum atomic E-state index is 4.76. The van der Waals surface area contributed by atoms with Crippen LogP contribution in [0.5, 0.6) is 0 Å². The Morgan fingerprint density at radius 3 is 2.56 bits per heavy atom. The number of hydrogen-bond donors (Lipinski definition) is 2. The lowest BCUT2D eigenvalue weighted by Crippen LogP contribution is -2.36. The number of anilines is 1. The Labute approximate surface area is 155 Å². The molecule has 6 heteroatoms. The van der Waals surface area contributed by atoms with E-state index in [9.17, 15) is 0 Å². The number of guanidine groups is 1. The number of nitrogens with one attached hydrogen (secondary N) is 2. The van der Waals surface area contributed by atoms with Gasteiger partial charge in [-0.05, 0) is 44.9 Å². The first-order valence-corrected chi connectivity index (χ1v) is 9.44. The number of aromatic nitrogens is 1. The maximum absolute atomic E-state index is 4.76. The highest BCUT2D eigenvalue weighted by molar-refractivity contribution is 7.11. The molecule has 0 aliphatic carbocycles. The highest BCUT2D eigenvalue weighted by atomic mass is 32.1. The van der Waals surface area contributed by atoms with Crippen LogP contribution in [-0.4, -0.2) is 31.6 Å². The van der Waals surface area contributed by atoms with Crippen LogP contribution in [0.25, 0.3) is 0 Å². The molecule has 1 aromatic carbocycles. The van der Waals surface area contributed by atoms with Gasteiger partial charge in [0.25, 0.3) is 0 Å². The summed E-state index contributed by atoms with van der Waals surface area (Å²) in [6, 6.07) is 6.50. The van der Waals surface area contributed by atoms with Crippen molar-refractivity contribution in [1.29, 1.82) is 0 Å². The summed E-state index contributed by atoms with van der Waals surface area (Å²) in [7, 11) is 4.14. The van der Waals surface area contributed by atoms with E-state index in [2.05, 4.69) is 73.6 Å². The van der Waals surface area contributed by atoms with Crippen LogP contribution in [0.3, 0.4) is 0 Å². The third-order valence-electron chi connectivity index (χ3n) is 3.89. The van der Waals surface area contributed by atoms with E-state index in [-0.39, 0.29) is 0 Å². The molecule has 1 aromatic heterocycles. The molecule has 0 saturated carbocycles. The number of nitrogens with zero attached hydrogens (tertiary/aromatic N) is 3. The Morgan fingerprint density at radius 2 is 1.96 bits per heavy atom. The maximum Gasteiger partial charge on any atom is 0.191 e. The lowest BCUT2D eigenvalue weighted by Gasteiger charge is -2.18. The lowest BCUT2D eigenvalue weighted by atomic mass is 10.1. The Bertz CT molecular complexity index is 733. The van der Waals surface area contributed by atoms with Gasteiger partial charge in [-0.25, -0.2) is 9.98 Å². The van der Waals surface area contributed by atoms with Crippen LogP contribution in [0, 0.1) is 20.8 Å². The Hall–Kier alpha value is -2.08. The highest BCUT2D eigenvalue weighted by Crippen LogP contribution is 2.21. The average molecular weight is 360 g/mol. The molecule has 136 valence electrons. The molecule has 0 spiro atoms. The molecule has 1 heterocycles. The van der Waals surface area contributed by atoms with Gasteiger partial charge in [-0.3, -0.25) is 0 Å². The first-order chi connectivity index (χ1) is 11.9. The predicted octanol–water partition coefficient (Wildman–Crippen LogP) is 3.39. The van der Waals surface area contributed by atoms with Gasteiger partial charge in [-0.1, -0.05) is 12.1 Å². The van der Waals surface area contributed by atoms with Gasteiger partial charge in [-0.15, -0.1) is 11.3 Å². The summed E-state index contributed by atoms with van der Waals surface area (Å²) in [6.45, 7) is 10.5. The average Bonchev–Trinajstić information content (AvgIpc) is 2.88. The third-order valence-corrected chi connectivity index (χ3v) is 4.96. The highest BCUT2D eigenvalue weighted by Gasteiger charge is 2.07. The lowest BCUT2D eigenvalue weighted by molar-refractivity contribution is 0.818. The van der Waals surface area contributed by atoms with E-state index in [1.807, 2.05) is 6.92 Å². The molecule has 0 bridgehead atoms. The topological polar surface area (TPSA) is 52.6 Å². The van der Waals surface area contributed by atoms with Crippen molar-refractivity contribution in [3.63, 3.8) is 0 Å². The van der Waals surface area contributed by atoms with Gasteiger partial charge in [-0.2, -0.15) is 0 Å². The molecule has 0 aliphatic rings. The zero-order valence-corrected chi connectivity index (χ0v) is 16.9. The molecule has 0 unspecified atom stereocenters. The minimum absolute atomic E-state index is 0.643.